The molecular formula is C20H18ClN3OS2. The van der Waals surface area contributed by atoms with Gasteiger partial charge in [-0.2, -0.15) is 0 Å². The molecule has 0 atom stereocenters. The number of halogens is 1. The van der Waals surface area contributed by atoms with Crippen molar-refractivity contribution in [1.82, 2.24) is 9.55 Å². The molecule has 0 fully saturated rings. The summed E-state index contributed by atoms with van der Waals surface area (Å²) >= 11 is 9.26. The van der Waals surface area contributed by atoms with Crippen LogP contribution in [0.2, 0.25) is 5.02 Å². The predicted molar refractivity (Wildman–Crippen MR) is 115 cm³/mol. The van der Waals surface area contributed by atoms with Crippen LogP contribution in [0, 0.1) is 0 Å². The van der Waals surface area contributed by atoms with Crippen molar-refractivity contribution in [2.75, 3.05) is 11.9 Å². The molecule has 0 amide bonds. The van der Waals surface area contributed by atoms with Gasteiger partial charge in [-0.3, -0.25) is 14.3 Å². The fraction of sp³-hybridized carbons (Fsp3) is 0.200. The van der Waals surface area contributed by atoms with Crippen molar-refractivity contribution in [2.45, 2.75) is 24.8 Å². The normalized spacial score (nSPS) is 16.1. The van der Waals surface area contributed by atoms with Crippen LogP contribution in [0.15, 0.2) is 52.3 Å². The fourth-order valence-corrected chi connectivity index (χ4v) is 5.72. The summed E-state index contributed by atoms with van der Waals surface area (Å²) in [6.07, 6.45) is 4.64. The minimum absolute atomic E-state index is 0.0530. The number of pyridine rings is 1. The Balaban J connectivity index is 1.93. The molecule has 1 aliphatic rings. The third kappa shape index (κ3) is 3.45. The third-order valence-electron chi connectivity index (χ3n) is 4.31. The van der Waals surface area contributed by atoms with Gasteiger partial charge in [0.2, 0.25) is 0 Å². The summed E-state index contributed by atoms with van der Waals surface area (Å²) in [7, 11) is 1.99. The van der Waals surface area contributed by atoms with Crippen molar-refractivity contribution in [3.63, 3.8) is 0 Å². The molecule has 4 nitrogen and oxygen atoms in total. The molecule has 0 unspecified atom stereocenters. The first-order valence-electron chi connectivity index (χ1n) is 8.66. The third-order valence-corrected chi connectivity index (χ3v) is 7.01. The number of hydrogen-bond donors (Lipinski definition) is 0. The highest BCUT2D eigenvalue weighted by Crippen LogP contribution is 2.46. The van der Waals surface area contributed by atoms with Crippen LogP contribution in [0.1, 0.15) is 19.0 Å². The van der Waals surface area contributed by atoms with Gasteiger partial charge in [0, 0.05) is 29.7 Å². The molecule has 0 saturated heterocycles. The van der Waals surface area contributed by atoms with E-state index in [1.54, 1.807) is 18.0 Å². The van der Waals surface area contributed by atoms with Gasteiger partial charge >= 0.3 is 0 Å². The summed E-state index contributed by atoms with van der Waals surface area (Å²) in [6.45, 7) is 2.77. The predicted octanol–water partition coefficient (Wildman–Crippen LogP) is 3.50. The van der Waals surface area contributed by atoms with Crippen LogP contribution in [-0.2, 0) is 6.54 Å². The fourth-order valence-electron chi connectivity index (χ4n) is 3.02. The zero-order valence-electron chi connectivity index (χ0n) is 15.0. The molecule has 1 aromatic carbocycles. The lowest BCUT2D eigenvalue weighted by Gasteiger charge is -2.12. The van der Waals surface area contributed by atoms with E-state index in [0.717, 1.165) is 36.9 Å². The van der Waals surface area contributed by atoms with E-state index in [1.165, 1.54) is 11.3 Å². The zero-order chi connectivity index (χ0) is 19.0. The van der Waals surface area contributed by atoms with Gasteiger partial charge in [0.25, 0.3) is 5.56 Å². The van der Waals surface area contributed by atoms with Crippen molar-refractivity contribution in [2.24, 2.45) is 0 Å². The van der Waals surface area contributed by atoms with Crippen molar-refractivity contribution < 1.29 is 0 Å². The van der Waals surface area contributed by atoms with E-state index in [1.807, 2.05) is 54.1 Å². The second-order valence-electron chi connectivity index (χ2n) is 6.20. The van der Waals surface area contributed by atoms with E-state index in [2.05, 4.69) is 16.8 Å². The molecule has 138 valence electrons. The lowest BCUT2D eigenvalue weighted by atomic mass is 10.3. The number of aromatic nitrogens is 2. The van der Waals surface area contributed by atoms with Crippen LogP contribution in [0.3, 0.4) is 0 Å². The number of thiazole rings is 1. The molecule has 0 aliphatic carbocycles. The monoisotopic (exact) mass is 415 g/mol. The molecule has 0 spiro atoms. The Bertz CT molecular complexity index is 1170. The average molecular weight is 416 g/mol. The van der Waals surface area contributed by atoms with Gasteiger partial charge in [-0.1, -0.05) is 36.4 Å². The first-order valence-corrected chi connectivity index (χ1v) is 10.7. The van der Waals surface area contributed by atoms with Gasteiger partial charge in [-0.25, -0.2) is 0 Å². The topological polar surface area (TPSA) is 38.1 Å². The Hall–Kier alpha value is -2.02. The summed E-state index contributed by atoms with van der Waals surface area (Å²) in [5.41, 5.74) is 1.98. The molecule has 0 bridgehead atoms. The second-order valence-corrected chi connectivity index (χ2v) is 8.70. The van der Waals surface area contributed by atoms with E-state index in [9.17, 15) is 4.79 Å². The van der Waals surface area contributed by atoms with Crippen LogP contribution < -0.4 is 19.7 Å². The number of fused-ring (bicyclic) bond motifs is 1. The zero-order valence-corrected chi connectivity index (χ0v) is 17.4. The van der Waals surface area contributed by atoms with Crippen LogP contribution in [-0.4, -0.2) is 16.6 Å². The maximum atomic E-state index is 13.2. The SMILES string of the molecule is CCCn1c(=O)/c(=C2\Sc3cc(Cl)ccc3N2C)s/c1=C\c1ccccn1. The van der Waals surface area contributed by atoms with Gasteiger partial charge in [0.15, 0.2) is 0 Å². The van der Waals surface area contributed by atoms with Gasteiger partial charge in [-0.05, 0) is 42.8 Å². The first kappa shape index (κ1) is 18.3. The van der Waals surface area contributed by atoms with E-state index in [0.29, 0.717) is 11.6 Å². The molecular weight excluding hydrogens is 398 g/mol. The number of nitrogens with zero attached hydrogens (tertiary/aromatic N) is 3. The van der Waals surface area contributed by atoms with Crippen molar-refractivity contribution >= 4 is 51.5 Å². The summed E-state index contributed by atoms with van der Waals surface area (Å²) in [5, 5.41) is 1.66. The molecule has 2 aromatic heterocycles. The largest absolute Gasteiger partial charge is 0.337 e. The number of anilines is 1. The van der Waals surface area contributed by atoms with Crippen molar-refractivity contribution in [3.8, 4) is 0 Å². The van der Waals surface area contributed by atoms with Gasteiger partial charge in [0.1, 0.15) is 14.2 Å². The minimum atomic E-state index is 0.0530. The van der Waals surface area contributed by atoms with E-state index in [-0.39, 0.29) is 5.56 Å². The summed E-state index contributed by atoms with van der Waals surface area (Å²) in [5.74, 6) is 0. The van der Waals surface area contributed by atoms with Crippen molar-refractivity contribution in [3.05, 3.63) is 72.9 Å². The molecule has 27 heavy (non-hydrogen) atoms. The first-order chi connectivity index (χ1) is 13.1. The highest BCUT2D eigenvalue weighted by atomic mass is 35.5. The Morgan fingerprint density at radius 3 is 2.85 bits per heavy atom. The number of hydrogen-bond acceptors (Lipinski definition) is 5. The lowest BCUT2D eigenvalue weighted by molar-refractivity contribution is 0.650. The number of benzene rings is 1. The maximum absolute atomic E-state index is 13.2. The van der Waals surface area contributed by atoms with Gasteiger partial charge in [-0.15, -0.1) is 11.3 Å². The highest BCUT2D eigenvalue weighted by molar-refractivity contribution is 8.08. The molecule has 0 radical (unpaired) electrons. The summed E-state index contributed by atoms with van der Waals surface area (Å²) in [4.78, 5) is 20.7. The second kappa shape index (κ2) is 7.54. The Morgan fingerprint density at radius 2 is 2.11 bits per heavy atom. The lowest BCUT2D eigenvalue weighted by Crippen LogP contribution is -2.33. The van der Waals surface area contributed by atoms with Gasteiger partial charge < -0.3 is 4.90 Å². The molecule has 3 aromatic rings. The number of rotatable bonds is 3. The quantitative estimate of drug-likeness (QED) is 0.656. The van der Waals surface area contributed by atoms with E-state index < -0.39 is 0 Å². The summed E-state index contributed by atoms with van der Waals surface area (Å²) < 4.78 is 3.53. The Labute approximate surface area is 170 Å². The van der Waals surface area contributed by atoms with Crippen LogP contribution in [0.25, 0.3) is 11.1 Å². The van der Waals surface area contributed by atoms with Gasteiger partial charge in [0.05, 0.1) is 11.4 Å². The molecule has 7 heteroatoms. The molecule has 3 heterocycles. The molecule has 0 N–H and O–H groups in total. The van der Waals surface area contributed by atoms with Crippen molar-refractivity contribution in [1.29, 1.82) is 0 Å². The standard InChI is InChI=1S/C20H18ClN3OS2/c1-3-10-24-17(12-14-6-4-5-9-22-14)27-18(19(24)25)20-23(2)15-8-7-13(21)11-16(15)26-20/h4-9,11-12H,3,10H2,1-2H3/b17-12-,20-18+. The molecule has 1 aliphatic heterocycles. The Morgan fingerprint density at radius 1 is 1.26 bits per heavy atom. The van der Waals surface area contributed by atoms with E-state index >= 15 is 0 Å². The summed E-state index contributed by atoms with van der Waals surface area (Å²) in [6, 6.07) is 11.6. The van der Waals surface area contributed by atoms with Crippen LogP contribution in [0.4, 0.5) is 5.69 Å². The maximum Gasteiger partial charge on any atom is 0.271 e. The highest BCUT2D eigenvalue weighted by Gasteiger charge is 2.24. The Kier molecular flexibility index (Phi) is 5.12. The number of thioether (sulfide) groups is 1. The smallest absolute Gasteiger partial charge is 0.271 e. The van der Waals surface area contributed by atoms with E-state index in [4.69, 9.17) is 11.6 Å². The molecule has 0 saturated carbocycles. The van der Waals surface area contributed by atoms with Crippen LogP contribution in [0.5, 0.6) is 0 Å². The minimum Gasteiger partial charge on any atom is -0.337 e. The average Bonchev–Trinajstić information content (AvgIpc) is 3.14. The molecule has 4 rings (SSSR count). The van der Waals surface area contributed by atoms with Crippen LogP contribution >= 0.6 is 34.7 Å².